The number of likely N-dealkylation sites (tertiary alicyclic amines) is 1. The van der Waals surface area contributed by atoms with Gasteiger partial charge in [-0.15, -0.1) is 0 Å². The number of esters is 1. The summed E-state index contributed by atoms with van der Waals surface area (Å²) in [6.45, 7) is 4.43. The van der Waals surface area contributed by atoms with Gasteiger partial charge in [-0.2, -0.15) is 0 Å². The Hall–Kier alpha value is -0.570. The monoisotopic (exact) mass is 172 g/mol. The maximum absolute atomic E-state index is 11.1. The van der Waals surface area contributed by atoms with Gasteiger partial charge in [-0.05, 0) is 6.42 Å². The standard InChI is InChI=1S/C9H17NO2/c1-3-4-6-10-7-5-8(10)9(11)12-2/h8H,3-7H2,1-2H3/p+1/t8-/m1/s1. The van der Waals surface area contributed by atoms with E-state index in [1.54, 1.807) is 0 Å². The van der Waals surface area contributed by atoms with Crippen LogP contribution in [0.25, 0.3) is 0 Å². The predicted molar refractivity (Wildman–Crippen MR) is 46.0 cm³/mol. The number of hydrogen-bond acceptors (Lipinski definition) is 2. The Kier molecular flexibility index (Phi) is 3.53. The van der Waals surface area contributed by atoms with Crippen molar-refractivity contribution in [1.82, 2.24) is 0 Å². The van der Waals surface area contributed by atoms with Crippen molar-refractivity contribution in [2.75, 3.05) is 20.2 Å². The Morgan fingerprint density at radius 1 is 1.67 bits per heavy atom. The third-order valence-electron chi connectivity index (χ3n) is 2.58. The first-order chi connectivity index (χ1) is 5.79. The van der Waals surface area contributed by atoms with Crippen molar-refractivity contribution < 1.29 is 14.4 Å². The van der Waals surface area contributed by atoms with E-state index in [2.05, 4.69) is 6.92 Å². The van der Waals surface area contributed by atoms with Gasteiger partial charge in [0.15, 0.2) is 6.04 Å². The molecular weight excluding hydrogens is 154 g/mol. The highest BCUT2D eigenvalue weighted by molar-refractivity contribution is 5.74. The molecule has 1 unspecified atom stereocenters. The van der Waals surface area contributed by atoms with E-state index >= 15 is 0 Å². The first-order valence-electron chi connectivity index (χ1n) is 4.72. The zero-order valence-electron chi connectivity index (χ0n) is 7.93. The molecule has 12 heavy (non-hydrogen) atoms. The molecule has 1 fully saturated rings. The topological polar surface area (TPSA) is 30.7 Å². The minimum absolute atomic E-state index is 0.0349. The highest BCUT2D eigenvalue weighted by Gasteiger charge is 2.38. The molecular formula is C9H18NO2+. The highest BCUT2D eigenvalue weighted by Crippen LogP contribution is 1.98. The van der Waals surface area contributed by atoms with Gasteiger partial charge in [0, 0.05) is 0 Å². The number of hydrogen-bond donors (Lipinski definition) is 1. The summed E-state index contributed by atoms with van der Waals surface area (Å²) in [5, 5.41) is 0. The Bertz CT molecular complexity index is 159. The van der Waals surface area contributed by atoms with Crippen LogP contribution < -0.4 is 4.90 Å². The van der Waals surface area contributed by atoms with E-state index in [9.17, 15) is 4.79 Å². The van der Waals surface area contributed by atoms with Crippen LogP contribution >= 0.6 is 0 Å². The number of quaternary nitrogens is 1. The van der Waals surface area contributed by atoms with Crippen LogP contribution in [0.2, 0.25) is 0 Å². The highest BCUT2D eigenvalue weighted by atomic mass is 16.5. The lowest BCUT2D eigenvalue weighted by molar-refractivity contribution is -0.957. The Morgan fingerprint density at radius 3 is 2.83 bits per heavy atom. The lowest BCUT2D eigenvalue weighted by Crippen LogP contribution is -3.23. The maximum Gasteiger partial charge on any atom is 0.364 e. The number of ether oxygens (including phenoxy) is 1. The number of nitrogens with one attached hydrogen (secondary N) is 1. The third-order valence-corrected chi connectivity index (χ3v) is 2.58. The van der Waals surface area contributed by atoms with Crippen LogP contribution in [0.4, 0.5) is 0 Å². The van der Waals surface area contributed by atoms with Crippen molar-refractivity contribution in [3.8, 4) is 0 Å². The Labute approximate surface area is 73.7 Å². The van der Waals surface area contributed by atoms with Gasteiger partial charge < -0.3 is 9.64 Å². The van der Waals surface area contributed by atoms with E-state index < -0.39 is 0 Å². The van der Waals surface area contributed by atoms with Gasteiger partial charge in [0.1, 0.15) is 0 Å². The molecule has 3 nitrogen and oxygen atoms in total. The minimum Gasteiger partial charge on any atom is -0.465 e. The van der Waals surface area contributed by atoms with Gasteiger partial charge in [-0.3, -0.25) is 0 Å². The fourth-order valence-electron chi connectivity index (χ4n) is 1.62. The molecule has 0 aromatic rings. The molecule has 0 bridgehead atoms. The van der Waals surface area contributed by atoms with Gasteiger partial charge in [-0.25, -0.2) is 4.79 Å². The molecule has 1 aliphatic rings. The van der Waals surface area contributed by atoms with Crippen molar-refractivity contribution in [2.24, 2.45) is 0 Å². The van der Waals surface area contributed by atoms with Gasteiger partial charge in [0.25, 0.3) is 0 Å². The van der Waals surface area contributed by atoms with Crippen molar-refractivity contribution in [3.05, 3.63) is 0 Å². The van der Waals surface area contributed by atoms with Crippen molar-refractivity contribution in [3.63, 3.8) is 0 Å². The van der Waals surface area contributed by atoms with E-state index in [0.717, 1.165) is 19.5 Å². The lowest BCUT2D eigenvalue weighted by Gasteiger charge is -2.34. The van der Waals surface area contributed by atoms with Crippen molar-refractivity contribution in [2.45, 2.75) is 32.2 Å². The molecule has 0 radical (unpaired) electrons. The summed E-state index contributed by atoms with van der Waals surface area (Å²) in [6.07, 6.45) is 3.42. The average Bonchev–Trinajstić information content (AvgIpc) is 2.03. The molecule has 0 amide bonds. The molecule has 0 aromatic carbocycles. The SMILES string of the molecule is CCCC[NH+]1CC[C@@H]1C(=O)OC. The van der Waals surface area contributed by atoms with E-state index in [1.165, 1.54) is 24.9 Å². The number of methoxy groups -OCH3 is 1. The van der Waals surface area contributed by atoms with Crippen LogP contribution in [-0.4, -0.2) is 32.2 Å². The lowest BCUT2D eigenvalue weighted by atomic mass is 10.0. The summed E-state index contributed by atoms with van der Waals surface area (Å²) in [5.41, 5.74) is 0. The zero-order chi connectivity index (χ0) is 8.97. The van der Waals surface area contributed by atoms with Crippen LogP contribution in [0.5, 0.6) is 0 Å². The number of unbranched alkanes of at least 4 members (excludes halogenated alkanes) is 1. The predicted octanol–water partition coefficient (Wildman–Crippen LogP) is -0.383. The molecule has 1 heterocycles. The summed E-state index contributed by atoms with van der Waals surface area (Å²) < 4.78 is 4.70. The molecule has 2 atom stereocenters. The summed E-state index contributed by atoms with van der Waals surface area (Å²) in [4.78, 5) is 12.5. The van der Waals surface area contributed by atoms with Gasteiger partial charge in [0.2, 0.25) is 0 Å². The van der Waals surface area contributed by atoms with Gasteiger partial charge in [0.05, 0.1) is 26.6 Å². The Morgan fingerprint density at radius 2 is 2.42 bits per heavy atom. The van der Waals surface area contributed by atoms with E-state index in [4.69, 9.17) is 4.74 Å². The first kappa shape index (κ1) is 9.52. The molecule has 1 N–H and O–H groups in total. The van der Waals surface area contributed by atoms with Gasteiger partial charge >= 0.3 is 5.97 Å². The van der Waals surface area contributed by atoms with E-state index in [-0.39, 0.29) is 12.0 Å². The van der Waals surface area contributed by atoms with E-state index in [1.807, 2.05) is 0 Å². The maximum atomic E-state index is 11.1. The minimum atomic E-state index is -0.0349. The first-order valence-corrected chi connectivity index (χ1v) is 4.72. The third kappa shape index (κ3) is 1.97. The molecule has 0 spiro atoms. The summed E-state index contributed by atoms with van der Waals surface area (Å²) in [6, 6.07) is 0.140. The second-order valence-electron chi connectivity index (χ2n) is 3.38. The fraction of sp³-hybridized carbons (Fsp3) is 0.889. The molecule has 0 aromatic heterocycles. The molecule has 1 rings (SSSR count). The molecule has 1 aliphatic heterocycles. The number of rotatable bonds is 4. The second kappa shape index (κ2) is 4.45. The van der Waals surface area contributed by atoms with Crippen LogP contribution in [0.15, 0.2) is 0 Å². The van der Waals surface area contributed by atoms with Crippen LogP contribution in [0.1, 0.15) is 26.2 Å². The zero-order valence-corrected chi connectivity index (χ0v) is 7.93. The smallest absolute Gasteiger partial charge is 0.364 e. The number of carbonyl (C=O) groups excluding carboxylic acids is 1. The van der Waals surface area contributed by atoms with Crippen LogP contribution in [0.3, 0.4) is 0 Å². The summed E-state index contributed by atoms with van der Waals surface area (Å²) >= 11 is 0. The number of carbonyl (C=O) groups is 1. The van der Waals surface area contributed by atoms with Crippen molar-refractivity contribution in [1.29, 1.82) is 0 Å². The molecule has 70 valence electrons. The van der Waals surface area contributed by atoms with Crippen molar-refractivity contribution >= 4 is 5.97 Å². The van der Waals surface area contributed by atoms with Crippen LogP contribution in [0, 0.1) is 0 Å². The van der Waals surface area contributed by atoms with E-state index in [0.29, 0.717) is 0 Å². The van der Waals surface area contributed by atoms with Crippen LogP contribution in [-0.2, 0) is 9.53 Å². The average molecular weight is 172 g/mol. The Balaban J connectivity index is 2.24. The van der Waals surface area contributed by atoms with Gasteiger partial charge in [-0.1, -0.05) is 13.3 Å². The quantitative estimate of drug-likeness (QED) is 0.586. The summed E-state index contributed by atoms with van der Waals surface area (Å²) in [5.74, 6) is -0.0349. The molecule has 1 saturated heterocycles. The normalized spacial score (nSPS) is 27.8. The molecule has 3 heteroatoms. The second-order valence-corrected chi connectivity index (χ2v) is 3.38. The molecule has 0 aliphatic carbocycles. The summed E-state index contributed by atoms with van der Waals surface area (Å²) in [7, 11) is 1.47. The molecule has 0 saturated carbocycles. The fourth-order valence-corrected chi connectivity index (χ4v) is 1.62. The largest absolute Gasteiger partial charge is 0.465 e.